The van der Waals surface area contributed by atoms with Crippen LogP contribution in [-0.4, -0.2) is 44.0 Å². The van der Waals surface area contributed by atoms with Crippen LogP contribution in [-0.2, 0) is 0 Å². The average Bonchev–Trinajstić information content (AvgIpc) is 2.87. The van der Waals surface area contributed by atoms with Crippen molar-refractivity contribution in [2.75, 3.05) is 23.9 Å². The number of rotatable bonds is 3. The molecule has 2 aromatic rings. The highest BCUT2D eigenvalue weighted by atomic mass is 35.5. The second kappa shape index (κ2) is 5.06. The number of halogens is 1. The third kappa shape index (κ3) is 2.12. The van der Waals surface area contributed by atoms with Crippen LogP contribution < -0.4 is 4.90 Å². The summed E-state index contributed by atoms with van der Waals surface area (Å²) in [6.07, 6.45) is 7.00. The summed E-state index contributed by atoms with van der Waals surface area (Å²) >= 11 is 5.84. The quantitative estimate of drug-likeness (QED) is 0.785. The molecule has 3 rings (SSSR count). The molecular weight excluding hydrogens is 252 g/mol. The normalized spacial score (nSPS) is 20.5. The lowest BCUT2D eigenvalue weighted by Gasteiger charge is -2.33. The molecule has 0 aliphatic carbocycles. The summed E-state index contributed by atoms with van der Waals surface area (Å²) in [6.45, 7) is 2.03. The maximum Gasteiger partial charge on any atom is 0.199 e. The van der Waals surface area contributed by atoms with Gasteiger partial charge in [-0.2, -0.15) is 4.52 Å². The summed E-state index contributed by atoms with van der Waals surface area (Å²) in [6, 6.07) is 0. The van der Waals surface area contributed by atoms with E-state index in [1.165, 1.54) is 12.8 Å². The molecule has 1 aliphatic rings. The lowest BCUT2D eigenvalue weighted by atomic mass is 9.96. The van der Waals surface area contributed by atoms with Crippen LogP contribution in [0.15, 0.2) is 12.4 Å². The predicted molar refractivity (Wildman–Crippen MR) is 68.9 cm³/mol. The number of anilines is 1. The Kier molecular flexibility index (Phi) is 3.27. The van der Waals surface area contributed by atoms with Crippen molar-refractivity contribution in [3.63, 3.8) is 0 Å². The smallest absolute Gasteiger partial charge is 0.199 e. The number of nitrogens with zero attached hydrogens (tertiary/aromatic N) is 6. The Bertz CT molecular complexity index is 525. The number of tetrazole rings is 1. The van der Waals surface area contributed by atoms with Crippen LogP contribution in [0.3, 0.4) is 0 Å². The number of hydrogen-bond acceptors (Lipinski definition) is 5. The van der Waals surface area contributed by atoms with Crippen molar-refractivity contribution in [2.45, 2.75) is 19.3 Å². The van der Waals surface area contributed by atoms with Crippen molar-refractivity contribution in [3.8, 4) is 0 Å². The SMILES string of the molecule is ClCCC1CCCN(c2cncc3nnnn23)C1. The molecular formula is C11H15ClN6. The van der Waals surface area contributed by atoms with Crippen molar-refractivity contribution in [3.05, 3.63) is 12.4 Å². The fourth-order valence-corrected chi connectivity index (χ4v) is 2.85. The highest BCUT2D eigenvalue weighted by molar-refractivity contribution is 6.17. The van der Waals surface area contributed by atoms with Gasteiger partial charge in [0, 0.05) is 19.0 Å². The van der Waals surface area contributed by atoms with E-state index in [0.29, 0.717) is 11.6 Å². The zero-order valence-electron chi connectivity index (χ0n) is 10.0. The van der Waals surface area contributed by atoms with Crippen molar-refractivity contribution < 1.29 is 0 Å². The molecule has 0 radical (unpaired) electrons. The highest BCUT2D eigenvalue weighted by Gasteiger charge is 2.22. The number of piperidine rings is 1. The summed E-state index contributed by atoms with van der Waals surface area (Å²) in [7, 11) is 0. The van der Waals surface area contributed by atoms with Gasteiger partial charge in [0.25, 0.3) is 0 Å². The van der Waals surface area contributed by atoms with Crippen LogP contribution in [0.2, 0.25) is 0 Å². The summed E-state index contributed by atoms with van der Waals surface area (Å²) in [4.78, 5) is 6.50. The van der Waals surface area contributed by atoms with Gasteiger partial charge in [-0.3, -0.25) is 4.98 Å². The topological polar surface area (TPSA) is 59.2 Å². The number of alkyl halides is 1. The monoisotopic (exact) mass is 266 g/mol. The first-order valence-corrected chi connectivity index (χ1v) is 6.75. The Morgan fingerprint density at radius 2 is 2.33 bits per heavy atom. The Labute approximate surface area is 110 Å². The molecule has 0 bridgehead atoms. The summed E-state index contributed by atoms with van der Waals surface area (Å²) in [5.74, 6) is 2.35. The van der Waals surface area contributed by atoms with E-state index in [0.717, 1.165) is 31.2 Å². The molecule has 18 heavy (non-hydrogen) atoms. The fourth-order valence-electron chi connectivity index (χ4n) is 2.54. The number of fused-ring (bicyclic) bond motifs is 1. The minimum Gasteiger partial charge on any atom is -0.355 e. The Morgan fingerprint density at radius 1 is 1.39 bits per heavy atom. The zero-order valence-corrected chi connectivity index (χ0v) is 10.8. The number of aromatic nitrogens is 5. The third-order valence-corrected chi connectivity index (χ3v) is 3.67. The largest absolute Gasteiger partial charge is 0.355 e. The van der Waals surface area contributed by atoms with Crippen LogP contribution in [0.5, 0.6) is 0 Å². The first kappa shape index (κ1) is 11.6. The van der Waals surface area contributed by atoms with E-state index >= 15 is 0 Å². The van der Waals surface area contributed by atoms with Gasteiger partial charge in [0.15, 0.2) is 11.5 Å². The van der Waals surface area contributed by atoms with Crippen LogP contribution in [0.4, 0.5) is 5.82 Å². The summed E-state index contributed by atoms with van der Waals surface area (Å²) < 4.78 is 1.75. The van der Waals surface area contributed by atoms with Crippen LogP contribution in [0, 0.1) is 5.92 Å². The molecule has 1 fully saturated rings. The Balaban J connectivity index is 1.87. The van der Waals surface area contributed by atoms with Gasteiger partial charge in [0.1, 0.15) is 0 Å². The highest BCUT2D eigenvalue weighted by Crippen LogP contribution is 2.24. The third-order valence-electron chi connectivity index (χ3n) is 3.45. The van der Waals surface area contributed by atoms with Gasteiger partial charge in [-0.25, -0.2) is 0 Å². The summed E-state index contributed by atoms with van der Waals surface area (Å²) in [5, 5.41) is 11.6. The minimum atomic E-state index is 0.656. The molecule has 7 heteroatoms. The van der Waals surface area contributed by atoms with E-state index in [4.69, 9.17) is 11.6 Å². The van der Waals surface area contributed by atoms with Gasteiger partial charge in [-0.15, -0.1) is 16.7 Å². The van der Waals surface area contributed by atoms with Gasteiger partial charge >= 0.3 is 0 Å². The van der Waals surface area contributed by atoms with Crippen LogP contribution in [0.1, 0.15) is 19.3 Å². The molecule has 3 heterocycles. The average molecular weight is 267 g/mol. The first-order chi connectivity index (χ1) is 8.88. The maximum absolute atomic E-state index is 5.84. The van der Waals surface area contributed by atoms with Gasteiger partial charge in [-0.05, 0) is 35.6 Å². The molecule has 6 nitrogen and oxygen atoms in total. The number of hydrogen-bond donors (Lipinski definition) is 0. The van der Waals surface area contributed by atoms with Crippen molar-refractivity contribution in [2.24, 2.45) is 5.92 Å². The van der Waals surface area contributed by atoms with E-state index < -0.39 is 0 Å². The molecule has 96 valence electrons. The van der Waals surface area contributed by atoms with Crippen LogP contribution in [0.25, 0.3) is 5.65 Å². The molecule has 0 saturated carbocycles. The van der Waals surface area contributed by atoms with E-state index in [1.54, 1.807) is 10.7 Å². The molecule has 0 spiro atoms. The Hall–Kier alpha value is -1.43. The molecule has 1 saturated heterocycles. The lowest BCUT2D eigenvalue weighted by Crippen LogP contribution is -2.36. The molecule has 1 unspecified atom stereocenters. The second-order valence-corrected chi connectivity index (χ2v) is 5.02. The second-order valence-electron chi connectivity index (χ2n) is 4.65. The molecule has 1 aliphatic heterocycles. The molecule has 0 amide bonds. The van der Waals surface area contributed by atoms with E-state index in [2.05, 4.69) is 25.4 Å². The zero-order chi connectivity index (χ0) is 12.4. The van der Waals surface area contributed by atoms with Crippen molar-refractivity contribution in [1.29, 1.82) is 0 Å². The molecule has 1 atom stereocenters. The van der Waals surface area contributed by atoms with Crippen LogP contribution >= 0.6 is 11.6 Å². The molecule has 2 aromatic heterocycles. The minimum absolute atomic E-state index is 0.656. The van der Waals surface area contributed by atoms with E-state index in [1.807, 2.05) is 6.20 Å². The first-order valence-electron chi connectivity index (χ1n) is 6.21. The van der Waals surface area contributed by atoms with Gasteiger partial charge < -0.3 is 4.90 Å². The van der Waals surface area contributed by atoms with Gasteiger partial charge in [0.05, 0.1) is 12.4 Å². The van der Waals surface area contributed by atoms with Crippen molar-refractivity contribution in [1.82, 2.24) is 25.0 Å². The molecule has 0 N–H and O–H groups in total. The van der Waals surface area contributed by atoms with E-state index in [-0.39, 0.29) is 0 Å². The van der Waals surface area contributed by atoms with Gasteiger partial charge in [-0.1, -0.05) is 0 Å². The maximum atomic E-state index is 5.84. The standard InChI is InChI=1S/C11H15ClN6/c12-4-3-9-2-1-5-17(8-9)11-7-13-6-10-14-15-16-18(10)11/h6-7,9H,1-5,8H2. The lowest BCUT2D eigenvalue weighted by molar-refractivity contribution is 0.403. The molecule has 0 aromatic carbocycles. The van der Waals surface area contributed by atoms with Gasteiger partial charge in [0.2, 0.25) is 0 Å². The van der Waals surface area contributed by atoms with Crippen molar-refractivity contribution >= 4 is 23.1 Å². The Morgan fingerprint density at radius 3 is 3.22 bits per heavy atom. The van der Waals surface area contributed by atoms with E-state index in [9.17, 15) is 0 Å². The predicted octanol–water partition coefficient (Wildman–Crippen LogP) is 1.36. The fraction of sp³-hybridized carbons (Fsp3) is 0.636. The summed E-state index contributed by atoms with van der Waals surface area (Å²) in [5.41, 5.74) is 0.687.